The van der Waals surface area contributed by atoms with Gasteiger partial charge in [0.2, 0.25) is 0 Å². The van der Waals surface area contributed by atoms with E-state index in [1.54, 1.807) is 22.7 Å². The number of esters is 1. The topological polar surface area (TPSA) is 47.8 Å². The Balaban J connectivity index is 2.66. The summed E-state index contributed by atoms with van der Waals surface area (Å²) in [5.41, 5.74) is 0.645. The summed E-state index contributed by atoms with van der Waals surface area (Å²) >= 11 is 4.95. The minimum atomic E-state index is -0.472. The number of hydrogen-bond donors (Lipinski definition) is 0. The maximum Gasteiger partial charge on any atom is 0.341 e. The van der Waals surface area contributed by atoms with E-state index in [9.17, 15) is 9.59 Å². The van der Waals surface area contributed by atoms with Crippen molar-refractivity contribution in [2.45, 2.75) is 20.3 Å². The molecule has 2 heterocycles. The van der Waals surface area contributed by atoms with Crippen LogP contribution in [0.1, 0.15) is 39.6 Å². The number of halogens is 1. The zero-order valence-corrected chi connectivity index (χ0v) is 12.4. The lowest BCUT2D eigenvalue weighted by Crippen LogP contribution is -2.07. The summed E-state index contributed by atoms with van der Waals surface area (Å²) < 4.78 is 7.35. The van der Waals surface area contributed by atoms with Crippen LogP contribution in [-0.4, -0.2) is 23.3 Å². The Morgan fingerprint density at radius 1 is 1.56 bits per heavy atom. The summed E-state index contributed by atoms with van der Waals surface area (Å²) in [6, 6.07) is 0. The number of hydrogen-bond acceptors (Lipinski definition) is 4. The van der Waals surface area contributed by atoms with Crippen molar-refractivity contribution in [2.24, 2.45) is 0 Å². The molecule has 0 fully saturated rings. The van der Waals surface area contributed by atoms with E-state index in [0.29, 0.717) is 22.0 Å². The summed E-state index contributed by atoms with van der Waals surface area (Å²) in [5, 5.41) is 0. The molecular weight excluding hydrogens is 318 g/mol. The second-order valence-corrected chi connectivity index (χ2v) is 5.55. The number of rotatable bonds is 4. The Morgan fingerprint density at radius 2 is 2.28 bits per heavy atom. The second kappa shape index (κ2) is 5.24. The summed E-state index contributed by atoms with van der Waals surface area (Å²) in [7, 11) is 0. The minimum Gasteiger partial charge on any atom is -0.462 e. The van der Waals surface area contributed by atoms with E-state index in [1.165, 1.54) is 0 Å². The highest BCUT2D eigenvalue weighted by atomic mass is 79.9. The van der Waals surface area contributed by atoms with Crippen molar-refractivity contribution in [3.63, 3.8) is 0 Å². The van der Waals surface area contributed by atoms with Gasteiger partial charge in [0.15, 0.2) is 6.29 Å². The highest BCUT2D eigenvalue weighted by molar-refractivity contribution is 9.10. The van der Waals surface area contributed by atoms with Gasteiger partial charge in [-0.25, -0.2) is 4.79 Å². The molecule has 0 atom stereocenters. The third-order valence-electron chi connectivity index (χ3n) is 2.58. The Morgan fingerprint density at radius 3 is 2.83 bits per heavy atom. The average Bonchev–Trinajstić information content (AvgIpc) is 2.88. The van der Waals surface area contributed by atoms with Gasteiger partial charge in [-0.1, -0.05) is 6.92 Å². The number of thiazole rings is 1. The zero-order valence-electron chi connectivity index (χ0n) is 10.0. The highest BCUT2D eigenvalue weighted by Crippen LogP contribution is 2.34. The van der Waals surface area contributed by atoms with Crippen molar-refractivity contribution >= 4 is 44.4 Å². The number of aldehydes is 1. The fourth-order valence-corrected chi connectivity index (χ4v) is 3.54. The number of ether oxygens (including phenoxy) is 1. The SMILES string of the molecule is CCOC(=O)c1c(Br)c2sc(CC)cn2c1C=O. The molecule has 0 aromatic carbocycles. The smallest absolute Gasteiger partial charge is 0.341 e. The van der Waals surface area contributed by atoms with E-state index < -0.39 is 5.97 Å². The molecule has 0 unspecified atom stereocenters. The van der Waals surface area contributed by atoms with Gasteiger partial charge in [-0.15, -0.1) is 11.3 Å². The number of carbonyl (C=O) groups excluding carboxylic acids is 2. The first-order valence-corrected chi connectivity index (χ1v) is 7.19. The Labute approximate surface area is 117 Å². The lowest BCUT2D eigenvalue weighted by Gasteiger charge is -2.01. The molecule has 6 heteroatoms. The van der Waals surface area contributed by atoms with Gasteiger partial charge in [-0.2, -0.15) is 0 Å². The maximum atomic E-state index is 11.8. The molecule has 2 rings (SSSR count). The van der Waals surface area contributed by atoms with Crippen LogP contribution in [0.3, 0.4) is 0 Å². The fourth-order valence-electron chi connectivity index (χ4n) is 1.75. The molecule has 0 aliphatic heterocycles. The third-order valence-corrected chi connectivity index (χ3v) is 4.87. The fraction of sp³-hybridized carbons (Fsp3) is 0.333. The number of fused-ring (bicyclic) bond motifs is 1. The first-order chi connectivity index (χ1) is 8.63. The predicted molar refractivity (Wildman–Crippen MR) is 73.7 cm³/mol. The van der Waals surface area contributed by atoms with Crippen LogP contribution in [0.5, 0.6) is 0 Å². The maximum absolute atomic E-state index is 11.8. The lowest BCUT2D eigenvalue weighted by atomic mass is 10.2. The molecule has 0 spiro atoms. The molecule has 4 nitrogen and oxygen atoms in total. The third kappa shape index (κ3) is 1.99. The molecule has 0 bridgehead atoms. The average molecular weight is 330 g/mol. The normalized spacial score (nSPS) is 10.8. The van der Waals surface area contributed by atoms with Gasteiger partial charge < -0.3 is 9.14 Å². The molecule has 0 N–H and O–H groups in total. The number of nitrogens with zero attached hydrogens (tertiary/aromatic N) is 1. The van der Waals surface area contributed by atoms with Gasteiger partial charge >= 0.3 is 5.97 Å². The molecule has 18 heavy (non-hydrogen) atoms. The van der Waals surface area contributed by atoms with Crippen LogP contribution in [0, 0.1) is 0 Å². The number of carbonyl (C=O) groups is 2. The van der Waals surface area contributed by atoms with Crippen molar-refractivity contribution < 1.29 is 14.3 Å². The molecule has 0 aliphatic carbocycles. The first kappa shape index (κ1) is 13.3. The van der Waals surface area contributed by atoms with Crippen molar-refractivity contribution in [2.75, 3.05) is 6.61 Å². The largest absolute Gasteiger partial charge is 0.462 e. The van der Waals surface area contributed by atoms with Crippen LogP contribution < -0.4 is 0 Å². The minimum absolute atomic E-state index is 0.285. The first-order valence-electron chi connectivity index (χ1n) is 5.58. The highest BCUT2D eigenvalue weighted by Gasteiger charge is 2.24. The van der Waals surface area contributed by atoms with E-state index in [1.807, 2.05) is 13.1 Å². The van der Waals surface area contributed by atoms with E-state index in [0.717, 1.165) is 16.1 Å². The van der Waals surface area contributed by atoms with Crippen LogP contribution in [0.2, 0.25) is 0 Å². The van der Waals surface area contributed by atoms with Crippen molar-refractivity contribution in [1.29, 1.82) is 0 Å². The standard InChI is InChI=1S/C12H12BrNO3S/c1-3-7-5-14-8(6-15)9(12(16)17-4-2)10(13)11(14)18-7/h5-6H,3-4H2,1-2H3. The quantitative estimate of drug-likeness (QED) is 0.638. The van der Waals surface area contributed by atoms with E-state index in [-0.39, 0.29) is 6.61 Å². The van der Waals surface area contributed by atoms with Crippen LogP contribution in [0.4, 0.5) is 0 Å². The van der Waals surface area contributed by atoms with Crippen LogP contribution in [-0.2, 0) is 11.2 Å². The summed E-state index contributed by atoms with van der Waals surface area (Å²) in [6.45, 7) is 4.07. The summed E-state index contributed by atoms with van der Waals surface area (Å²) in [6.07, 6.45) is 3.47. The van der Waals surface area contributed by atoms with Crippen molar-refractivity contribution in [1.82, 2.24) is 4.40 Å². The van der Waals surface area contributed by atoms with Gasteiger partial charge in [-0.05, 0) is 29.3 Å². The van der Waals surface area contributed by atoms with Crippen LogP contribution in [0.25, 0.3) is 4.83 Å². The number of aromatic nitrogens is 1. The molecule has 0 radical (unpaired) electrons. The van der Waals surface area contributed by atoms with Gasteiger partial charge in [0.05, 0.1) is 11.1 Å². The van der Waals surface area contributed by atoms with Gasteiger partial charge in [0.1, 0.15) is 16.1 Å². The monoisotopic (exact) mass is 329 g/mol. The predicted octanol–water partition coefficient (Wildman–Crippen LogP) is 3.31. The van der Waals surface area contributed by atoms with Gasteiger partial charge in [0.25, 0.3) is 0 Å². The van der Waals surface area contributed by atoms with E-state index >= 15 is 0 Å². The Kier molecular flexibility index (Phi) is 3.87. The molecule has 96 valence electrons. The Bertz CT molecular complexity index is 614. The van der Waals surface area contributed by atoms with Crippen molar-refractivity contribution in [3.05, 3.63) is 26.8 Å². The Hall–Kier alpha value is -1.14. The summed E-state index contributed by atoms with van der Waals surface area (Å²) in [4.78, 5) is 25.1. The molecule has 0 saturated carbocycles. The van der Waals surface area contributed by atoms with Crippen LogP contribution >= 0.6 is 27.3 Å². The summed E-state index contributed by atoms with van der Waals surface area (Å²) in [5.74, 6) is -0.472. The zero-order chi connectivity index (χ0) is 13.3. The molecular formula is C12H12BrNO3S. The molecule has 0 aliphatic rings. The molecule has 0 amide bonds. The van der Waals surface area contributed by atoms with E-state index in [2.05, 4.69) is 15.9 Å². The van der Waals surface area contributed by atoms with Gasteiger partial charge in [-0.3, -0.25) is 4.79 Å². The molecule has 0 saturated heterocycles. The van der Waals surface area contributed by atoms with Crippen molar-refractivity contribution in [3.8, 4) is 0 Å². The van der Waals surface area contributed by atoms with E-state index in [4.69, 9.17) is 4.74 Å². The second-order valence-electron chi connectivity index (χ2n) is 3.64. The number of aryl methyl sites for hydroxylation is 1. The lowest BCUT2D eigenvalue weighted by molar-refractivity contribution is 0.0523. The van der Waals surface area contributed by atoms with Crippen LogP contribution in [0.15, 0.2) is 10.7 Å². The molecule has 2 aromatic heterocycles. The van der Waals surface area contributed by atoms with Gasteiger partial charge in [0, 0.05) is 11.1 Å². The molecule has 2 aromatic rings.